The summed E-state index contributed by atoms with van der Waals surface area (Å²) in [5, 5.41) is 1.23. The van der Waals surface area contributed by atoms with E-state index in [-0.39, 0.29) is 0 Å². The van der Waals surface area contributed by atoms with Gasteiger partial charge >= 0.3 is 0 Å². The van der Waals surface area contributed by atoms with Gasteiger partial charge in [0.15, 0.2) is 0 Å². The molecule has 0 aliphatic heterocycles. The number of rotatable bonds is 4. The highest BCUT2D eigenvalue weighted by Crippen LogP contribution is 2.72. The first-order valence-electron chi connectivity index (χ1n) is 15.2. The monoisotopic (exact) mass is 498 g/mol. The van der Waals surface area contributed by atoms with Crippen LogP contribution in [-0.2, 0) is 0 Å². The fourth-order valence-corrected chi connectivity index (χ4v) is 15.6. The Labute approximate surface area is 215 Å². The standard InChI is InChI=1S/C32H58Si2/c1-29(2,3)34(9,10)22-25-12-14-27-26-13-11-23-21-24(32(19-20-32)33(6,7)8)15-17-30(23,4)28(26)16-18-31(25,27)5/h15,23,25-28H,11-14,16-22H2,1-10H3/t23-,25+,26+,27+,28-,30-,31+/m0/s1. The molecule has 0 aromatic carbocycles. The molecule has 4 fully saturated rings. The van der Waals surface area contributed by atoms with Gasteiger partial charge in [-0.1, -0.05) is 85.0 Å². The van der Waals surface area contributed by atoms with Crippen molar-refractivity contribution in [2.45, 2.75) is 148 Å². The van der Waals surface area contributed by atoms with Crippen molar-refractivity contribution in [3.63, 3.8) is 0 Å². The van der Waals surface area contributed by atoms with Gasteiger partial charge in [-0.25, -0.2) is 0 Å². The van der Waals surface area contributed by atoms with Crippen LogP contribution in [0.4, 0.5) is 0 Å². The summed E-state index contributed by atoms with van der Waals surface area (Å²) in [6.45, 7) is 26.5. The third-order valence-electron chi connectivity index (χ3n) is 14.1. The Bertz CT molecular complexity index is 834. The molecule has 0 nitrogen and oxygen atoms in total. The second kappa shape index (κ2) is 7.84. The highest BCUT2D eigenvalue weighted by molar-refractivity contribution is 6.81. The van der Waals surface area contributed by atoms with Crippen molar-refractivity contribution in [2.24, 2.45) is 40.4 Å². The molecule has 0 aromatic rings. The molecule has 0 radical (unpaired) electrons. The zero-order valence-electron chi connectivity index (χ0n) is 24.7. The van der Waals surface area contributed by atoms with Gasteiger partial charge in [-0.3, -0.25) is 0 Å². The normalized spacial score (nSPS) is 44.1. The van der Waals surface area contributed by atoms with E-state index < -0.39 is 16.1 Å². The lowest BCUT2D eigenvalue weighted by Crippen LogP contribution is -2.53. The van der Waals surface area contributed by atoms with Crippen LogP contribution in [0.25, 0.3) is 0 Å². The van der Waals surface area contributed by atoms with Crippen molar-refractivity contribution in [2.75, 3.05) is 0 Å². The lowest BCUT2D eigenvalue weighted by molar-refractivity contribution is -0.0960. The highest BCUT2D eigenvalue weighted by Gasteiger charge is 2.62. The molecule has 5 rings (SSSR count). The molecule has 5 aliphatic rings. The zero-order chi connectivity index (χ0) is 24.9. The second-order valence-corrected chi connectivity index (χ2v) is 28.4. The minimum Gasteiger partial charge on any atom is -0.0845 e. The molecule has 2 heteroatoms. The predicted molar refractivity (Wildman–Crippen MR) is 156 cm³/mol. The van der Waals surface area contributed by atoms with E-state index in [4.69, 9.17) is 0 Å². The average Bonchev–Trinajstić information content (AvgIpc) is 3.46. The Morgan fingerprint density at radius 3 is 2.06 bits per heavy atom. The summed E-state index contributed by atoms with van der Waals surface area (Å²) in [5.74, 6) is 5.06. The molecule has 0 amide bonds. The summed E-state index contributed by atoms with van der Waals surface area (Å²) in [4.78, 5) is 0. The van der Waals surface area contributed by atoms with Crippen molar-refractivity contribution in [1.29, 1.82) is 0 Å². The van der Waals surface area contributed by atoms with Gasteiger partial charge in [0.2, 0.25) is 0 Å². The number of fused-ring (bicyclic) bond motifs is 5. The van der Waals surface area contributed by atoms with Gasteiger partial charge in [0.1, 0.15) is 0 Å². The molecule has 5 aliphatic carbocycles. The van der Waals surface area contributed by atoms with Crippen LogP contribution in [0.15, 0.2) is 11.6 Å². The molecule has 0 aromatic heterocycles. The maximum absolute atomic E-state index is 2.84. The molecule has 0 heterocycles. The van der Waals surface area contributed by atoms with E-state index >= 15 is 0 Å². The molecule has 0 saturated heterocycles. The van der Waals surface area contributed by atoms with E-state index in [0.717, 1.165) is 29.6 Å². The van der Waals surface area contributed by atoms with Gasteiger partial charge in [-0.05, 0) is 115 Å². The summed E-state index contributed by atoms with van der Waals surface area (Å²) in [6, 6.07) is 1.58. The van der Waals surface area contributed by atoms with Gasteiger partial charge in [-0.2, -0.15) is 0 Å². The van der Waals surface area contributed by atoms with E-state index in [1.165, 1.54) is 38.5 Å². The smallest absolute Gasteiger partial charge is 0.0552 e. The number of allylic oxidation sites excluding steroid dienone is 2. The summed E-state index contributed by atoms with van der Waals surface area (Å²) in [7, 11) is -2.33. The van der Waals surface area contributed by atoms with Crippen molar-refractivity contribution >= 4 is 16.1 Å². The van der Waals surface area contributed by atoms with Crippen LogP contribution >= 0.6 is 0 Å². The lowest BCUT2D eigenvalue weighted by Gasteiger charge is -2.61. The molecule has 4 saturated carbocycles. The van der Waals surface area contributed by atoms with Crippen molar-refractivity contribution in [3.05, 3.63) is 11.6 Å². The molecule has 34 heavy (non-hydrogen) atoms. The first kappa shape index (κ1) is 25.8. The van der Waals surface area contributed by atoms with E-state index in [1.54, 1.807) is 31.7 Å². The molecule has 0 bridgehead atoms. The fourth-order valence-electron chi connectivity index (χ4n) is 10.3. The minimum atomic E-state index is -1.22. The van der Waals surface area contributed by atoms with Crippen molar-refractivity contribution in [1.82, 2.24) is 0 Å². The Kier molecular flexibility index (Phi) is 5.95. The van der Waals surface area contributed by atoms with Crippen LogP contribution in [0.2, 0.25) is 48.9 Å². The first-order chi connectivity index (χ1) is 15.6. The fraction of sp³-hybridized carbons (Fsp3) is 0.938. The van der Waals surface area contributed by atoms with Crippen LogP contribution in [0.1, 0.15) is 98.8 Å². The molecule has 194 valence electrons. The van der Waals surface area contributed by atoms with E-state index in [0.29, 0.717) is 20.9 Å². The summed E-state index contributed by atoms with van der Waals surface area (Å²) >= 11 is 0. The number of hydrogen-bond acceptors (Lipinski definition) is 0. The van der Waals surface area contributed by atoms with E-state index in [1.807, 2.05) is 5.57 Å². The Balaban J connectivity index is 1.35. The van der Waals surface area contributed by atoms with E-state index in [2.05, 4.69) is 73.4 Å². The quantitative estimate of drug-likeness (QED) is 0.267. The van der Waals surface area contributed by atoms with Crippen molar-refractivity contribution < 1.29 is 0 Å². The minimum absolute atomic E-state index is 0.533. The molecule has 0 spiro atoms. The molecular weight excluding hydrogens is 441 g/mol. The molecule has 0 unspecified atom stereocenters. The van der Waals surface area contributed by atoms with E-state index in [9.17, 15) is 0 Å². The zero-order valence-corrected chi connectivity index (χ0v) is 26.7. The van der Waals surface area contributed by atoms with Gasteiger partial charge in [0.05, 0.1) is 16.1 Å². The Hall–Kier alpha value is 0.174. The van der Waals surface area contributed by atoms with Gasteiger partial charge in [0, 0.05) is 0 Å². The van der Waals surface area contributed by atoms with Gasteiger partial charge in [0.25, 0.3) is 0 Å². The lowest BCUT2D eigenvalue weighted by atomic mass is 9.45. The Morgan fingerprint density at radius 2 is 1.47 bits per heavy atom. The topological polar surface area (TPSA) is 0 Å². The summed E-state index contributed by atoms with van der Waals surface area (Å²) in [5.41, 5.74) is 3.19. The first-order valence-corrected chi connectivity index (χ1v) is 22.0. The predicted octanol–water partition coefficient (Wildman–Crippen LogP) is 10.6. The van der Waals surface area contributed by atoms with Crippen LogP contribution in [-0.4, -0.2) is 16.1 Å². The molecular formula is C32H58Si2. The molecule has 0 N–H and O–H groups in total. The number of hydrogen-bond donors (Lipinski definition) is 0. The maximum atomic E-state index is 2.84. The maximum Gasteiger partial charge on any atom is 0.0552 e. The van der Waals surface area contributed by atoms with Crippen molar-refractivity contribution in [3.8, 4) is 0 Å². The van der Waals surface area contributed by atoms with Crippen LogP contribution in [0.3, 0.4) is 0 Å². The summed E-state index contributed by atoms with van der Waals surface area (Å²) < 4.78 is 0. The average molecular weight is 499 g/mol. The molecule has 7 atom stereocenters. The van der Waals surface area contributed by atoms with Gasteiger partial charge < -0.3 is 0 Å². The Morgan fingerprint density at radius 1 is 0.824 bits per heavy atom. The van der Waals surface area contributed by atoms with Crippen LogP contribution in [0, 0.1) is 40.4 Å². The highest BCUT2D eigenvalue weighted by atomic mass is 28.3. The van der Waals surface area contributed by atoms with Crippen LogP contribution in [0.5, 0.6) is 0 Å². The second-order valence-electron chi connectivity index (χ2n) is 17.3. The van der Waals surface area contributed by atoms with Gasteiger partial charge in [-0.15, -0.1) is 0 Å². The van der Waals surface area contributed by atoms with Crippen LogP contribution < -0.4 is 0 Å². The SMILES string of the molecule is CC(C)(C)[Si](C)(C)C[C@H]1CC[C@@H]2[C@H]3CC[C@H]4CC(C5([Si](C)(C)C)CC5)=CC[C@]4(C)[C@H]3CC[C@]12C. The third kappa shape index (κ3) is 3.68. The third-order valence-corrected chi connectivity index (χ3v) is 23.4. The largest absolute Gasteiger partial charge is 0.0845 e. The summed E-state index contributed by atoms with van der Waals surface area (Å²) in [6.07, 6.45) is 18.0.